The zero-order chi connectivity index (χ0) is 24.1. The standard InChI is InChI=1S/C30H23F3O/c1-3-20-7-12-23(13-8-20)25-16-17-26(30(33)29(25)32)24-14-9-21(10-15-24)5-6-22-11-18-28(34-4-2)27(31)19-22/h3,5-19H,1,4H2,2H3. The number of halogens is 3. The molecular weight excluding hydrogens is 433 g/mol. The lowest BCUT2D eigenvalue weighted by atomic mass is 9.97. The van der Waals surface area contributed by atoms with E-state index in [0.717, 1.165) is 11.1 Å². The van der Waals surface area contributed by atoms with Crippen molar-refractivity contribution in [1.29, 1.82) is 0 Å². The highest BCUT2D eigenvalue weighted by molar-refractivity contribution is 5.75. The lowest BCUT2D eigenvalue weighted by molar-refractivity contribution is 0.321. The van der Waals surface area contributed by atoms with Crippen molar-refractivity contribution in [3.63, 3.8) is 0 Å². The molecule has 4 aromatic carbocycles. The van der Waals surface area contributed by atoms with Gasteiger partial charge in [-0.05, 0) is 46.9 Å². The molecule has 0 bridgehead atoms. The summed E-state index contributed by atoms with van der Waals surface area (Å²) in [6.07, 6.45) is 5.30. The van der Waals surface area contributed by atoms with Gasteiger partial charge in [0.15, 0.2) is 23.2 Å². The first-order chi connectivity index (χ1) is 16.5. The molecule has 0 spiro atoms. The molecule has 0 saturated carbocycles. The summed E-state index contributed by atoms with van der Waals surface area (Å²) in [5, 5.41) is 0. The van der Waals surface area contributed by atoms with Gasteiger partial charge < -0.3 is 4.74 Å². The van der Waals surface area contributed by atoms with E-state index in [9.17, 15) is 13.2 Å². The van der Waals surface area contributed by atoms with Crippen molar-refractivity contribution in [3.05, 3.63) is 120 Å². The van der Waals surface area contributed by atoms with Crippen LogP contribution in [-0.4, -0.2) is 6.61 Å². The van der Waals surface area contributed by atoms with Gasteiger partial charge in [-0.2, -0.15) is 0 Å². The summed E-state index contributed by atoms with van der Waals surface area (Å²) < 4.78 is 49.0. The largest absolute Gasteiger partial charge is 0.491 e. The summed E-state index contributed by atoms with van der Waals surface area (Å²) in [5.74, 6) is -1.97. The third-order valence-corrected chi connectivity index (χ3v) is 5.49. The molecule has 0 fully saturated rings. The fraction of sp³-hybridized carbons (Fsp3) is 0.0667. The van der Waals surface area contributed by atoms with Crippen molar-refractivity contribution in [2.75, 3.05) is 6.61 Å². The number of hydrogen-bond donors (Lipinski definition) is 0. The second-order valence-corrected chi connectivity index (χ2v) is 7.69. The quantitative estimate of drug-likeness (QED) is 0.253. The summed E-state index contributed by atoms with van der Waals surface area (Å²) in [6.45, 7) is 5.89. The second-order valence-electron chi connectivity index (χ2n) is 7.69. The predicted octanol–water partition coefficient (Wildman–Crippen LogP) is 8.65. The third kappa shape index (κ3) is 4.96. The van der Waals surface area contributed by atoms with Gasteiger partial charge in [-0.25, -0.2) is 13.2 Å². The zero-order valence-electron chi connectivity index (χ0n) is 18.7. The Bertz CT molecular complexity index is 1340. The van der Waals surface area contributed by atoms with Gasteiger partial charge in [0.2, 0.25) is 0 Å². The highest BCUT2D eigenvalue weighted by atomic mass is 19.2. The van der Waals surface area contributed by atoms with E-state index in [0.29, 0.717) is 23.3 Å². The summed E-state index contributed by atoms with van der Waals surface area (Å²) in [7, 11) is 0. The third-order valence-electron chi connectivity index (χ3n) is 5.49. The first-order valence-electron chi connectivity index (χ1n) is 10.9. The molecule has 0 radical (unpaired) electrons. The molecule has 1 nitrogen and oxygen atoms in total. The predicted molar refractivity (Wildman–Crippen MR) is 134 cm³/mol. The second kappa shape index (κ2) is 10.3. The van der Waals surface area contributed by atoms with Crippen LogP contribution in [0.1, 0.15) is 23.6 Å². The van der Waals surface area contributed by atoms with Crippen molar-refractivity contribution in [3.8, 4) is 28.0 Å². The molecular formula is C30H23F3O. The SMILES string of the molecule is C=Cc1ccc(-c2ccc(-c3ccc(C=Cc4ccc(OCC)c(F)c4)cc3)c(F)c2F)cc1. The highest BCUT2D eigenvalue weighted by Crippen LogP contribution is 2.32. The molecule has 0 aromatic heterocycles. The van der Waals surface area contributed by atoms with Crippen LogP contribution in [0.4, 0.5) is 13.2 Å². The number of rotatable bonds is 7. The summed E-state index contributed by atoms with van der Waals surface area (Å²) in [4.78, 5) is 0. The van der Waals surface area contributed by atoms with E-state index < -0.39 is 17.5 Å². The Morgan fingerprint density at radius 3 is 1.68 bits per heavy atom. The van der Waals surface area contributed by atoms with Crippen molar-refractivity contribution in [2.45, 2.75) is 6.92 Å². The lowest BCUT2D eigenvalue weighted by Crippen LogP contribution is -1.94. The monoisotopic (exact) mass is 456 g/mol. The normalized spacial score (nSPS) is 11.1. The molecule has 34 heavy (non-hydrogen) atoms. The zero-order valence-corrected chi connectivity index (χ0v) is 18.7. The minimum Gasteiger partial charge on any atom is -0.491 e. The van der Waals surface area contributed by atoms with E-state index in [4.69, 9.17) is 4.74 Å². The van der Waals surface area contributed by atoms with Crippen LogP contribution in [0.2, 0.25) is 0 Å². The summed E-state index contributed by atoms with van der Waals surface area (Å²) in [5.41, 5.74) is 4.00. The molecule has 0 atom stereocenters. The van der Waals surface area contributed by atoms with Crippen LogP contribution in [0, 0.1) is 17.5 Å². The van der Waals surface area contributed by atoms with E-state index in [1.165, 1.54) is 6.07 Å². The van der Waals surface area contributed by atoms with E-state index in [1.807, 2.05) is 18.2 Å². The maximum atomic E-state index is 14.9. The van der Waals surface area contributed by atoms with Gasteiger partial charge in [-0.15, -0.1) is 0 Å². The van der Waals surface area contributed by atoms with Crippen LogP contribution in [0.15, 0.2) is 85.4 Å². The highest BCUT2D eigenvalue weighted by Gasteiger charge is 2.16. The number of benzene rings is 4. The fourth-order valence-electron chi connectivity index (χ4n) is 3.65. The minimum absolute atomic E-state index is 0.188. The van der Waals surface area contributed by atoms with Gasteiger partial charge in [0.25, 0.3) is 0 Å². The van der Waals surface area contributed by atoms with E-state index in [-0.39, 0.29) is 16.9 Å². The van der Waals surface area contributed by atoms with E-state index in [1.54, 1.807) is 79.7 Å². The van der Waals surface area contributed by atoms with Crippen LogP contribution in [-0.2, 0) is 0 Å². The van der Waals surface area contributed by atoms with Crippen molar-refractivity contribution in [1.82, 2.24) is 0 Å². The molecule has 0 aliphatic heterocycles. The number of hydrogen-bond acceptors (Lipinski definition) is 1. The Labute approximate surface area is 197 Å². The Morgan fingerprint density at radius 2 is 1.18 bits per heavy atom. The molecule has 0 N–H and O–H groups in total. The van der Waals surface area contributed by atoms with Gasteiger partial charge in [-0.3, -0.25) is 0 Å². The maximum Gasteiger partial charge on any atom is 0.167 e. The topological polar surface area (TPSA) is 9.23 Å². The lowest BCUT2D eigenvalue weighted by Gasteiger charge is -2.10. The maximum absolute atomic E-state index is 14.9. The van der Waals surface area contributed by atoms with Crippen LogP contribution in [0.3, 0.4) is 0 Å². The number of ether oxygens (including phenoxy) is 1. The van der Waals surface area contributed by atoms with Gasteiger partial charge in [0, 0.05) is 11.1 Å². The molecule has 4 rings (SSSR count). The average molecular weight is 457 g/mol. The summed E-state index contributed by atoms with van der Waals surface area (Å²) >= 11 is 0. The van der Waals surface area contributed by atoms with Crippen LogP contribution >= 0.6 is 0 Å². The Kier molecular flexibility index (Phi) is 6.98. The van der Waals surface area contributed by atoms with Crippen molar-refractivity contribution < 1.29 is 17.9 Å². The van der Waals surface area contributed by atoms with Crippen molar-refractivity contribution >= 4 is 18.2 Å². The smallest absolute Gasteiger partial charge is 0.167 e. The Balaban J connectivity index is 1.54. The first kappa shape index (κ1) is 23.1. The average Bonchev–Trinajstić information content (AvgIpc) is 2.86. The van der Waals surface area contributed by atoms with Gasteiger partial charge in [0.1, 0.15) is 0 Å². The molecule has 0 saturated heterocycles. The van der Waals surface area contributed by atoms with Gasteiger partial charge in [0.05, 0.1) is 6.61 Å². The molecule has 0 aliphatic carbocycles. The molecule has 0 heterocycles. The minimum atomic E-state index is -0.890. The molecule has 0 amide bonds. The van der Waals surface area contributed by atoms with Gasteiger partial charge in [-0.1, -0.05) is 91.5 Å². The Morgan fingerprint density at radius 1 is 0.676 bits per heavy atom. The molecule has 0 unspecified atom stereocenters. The van der Waals surface area contributed by atoms with Crippen LogP contribution in [0.25, 0.3) is 40.5 Å². The van der Waals surface area contributed by atoms with E-state index >= 15 is 0 Å². The molecule has 0 aliphatic rings. The van der Waals surface area contributed by atoms with Crippen LogP contribution < -0.4 is 4.74 Å². The summed E-state index contributed by atoms with van der Waals surface area (Å²) in [6, 6.07) is 22.1. The molecule has 170 valence electrons. The fourth-order valence-corrected chi connectivity index (χ4v) is 3.65. The Hall–Kier alpha value is -4.05. The van der Waals surface area contributed by atoms with E-state index in [2.05, 4.69) is 6.58 Å². The molecule has 4 heteroatoms. The van der Waals surface area contributed by atoms with Crippen molar-refractivity contribution in [2.24, 2.45) is 0 Å². The first-order valence-corrected chi connectivity index (χ1v) is 10.9. The van der Waals surface area contributed by atoms with Gasteiger partial charge >= 0.3 is 0 Å². The van der Waals surface area contributed by atoms with Crippen LogP contribution in [0.5, 0.6) is 5.75 Å². The molecule has 4 aromatic rings.